The van der Waals surface area contributed by atoms with Gasteiger partial charge in [0.25, 0.3) is 0 Å². The molecule has 0 aliphatic heterocycles. The van der Waals surface area contributed by atoms with Gasteiger partial charge in [-0.15, -0.1) is 0 Å². The molecule has 0 spiro atoms. The molecule has 0 amide bonds. The first kappa shape index (κ1) is 15.3. The minimum absolute atomic E-state index is 0.472. The molecule has 96 valence electrons. The van der Waals surface area contributed by atoms with E-state index in [-0.39, 0.29) is 0 Å². The van der Waals surface area contributed by atoms with E-state index in [1.54, 1.807) is 0 Å². The van der Waals surface area contributed by atoms with E-state index in [1.807, 2.05) is 13.8 Å². The summed E-state index contributed by atoms with van der Waals surface area (Å²) >= 11 is 0. The van der Waals surface area contributed by atoms with E-state index in [2.05, 4.69) is 0 Å². The molecule has 0 aliphatic carbocycles. The van der Waals surface area contributed by atoms with E-state index in [9.17, 15) is 17.6 Å². The summed E-state index contributed by atoms with van der Waals surface area (Å²) in [6.07, 6.45) is -0.979. The quantitative estimate of drug-likeness (QED) is 0.602. The highest BCUT2D eigenvalue weighted by atomic mass is 19.4. The highest BCUT2D eigenvalue weighted by Crippen LogP contribution is 2.26. The molecule has 0 aromatic carbocycles. The van der Waals surface area contributed by atoms with Crippen molar-refractivity contribution in [2.75, 3.05) is 13.1 Å². The third kappa shape index (κ3) is 6.69. The van der Waals surface area contributed by atoms with Crippen molar-refractivity contribution in [3.63, 3.8) is 0 Å². The van der Waals surface area contributed by atoms with Crippen molar-refractivity contribution in [2.24, 2.45) is 0 Å². The normalized spacial score (nSPS) is 13.0. The van der Waals surface area contributed by atoms with E-state index < -0.39 is 12.0 Å². The van der Waals surface area contributed by atoms with Gasteiger partial charge >= 0.3 is 6.18 Å². The van der Waals surface area contributed by atoms with E-state index in [4.69, 9.17) is 0 Å². The van der Waals surface area contributed by atoms with Gasteiger partial charge in [-0.3, -0.25) is 0 Å². The van der Waals surface area contributed by atoms with Gasteiger partial charge < -0.3 is 4.90 Å². The van der Waals surface area contributed by atoms with Crippen molar-refractivity contribution in [1.82, 2.24) is 4.90 Å². The first-order valence-electron chi connectivity index (χ1n) is 5.60. The van der Waals surface area contributed by atoms with Crippen molar-refractivity contribution in [1.29, 1.82) is 0 Å². The highest BCUT2D eigenvalue weighted by Gasteiger charge is 2.35. The minimum atomic E-state index is -4.86. The summed E-state index contributed by atoms with van der Waals surface area (Å²) in [4.78, 5) is 1.41. The number of nitrogens with zero attached hydrogens (tertiary/aromatic N) is 1. The van der Waals surface area contributed by atoms with Crippen LogP contribution in [0.25, 0.3) is 0 Å². The first-order chi connectivity index (χ1) is 7.41. The average molecular weight is 241 g/mol. The molecule has 0 N–H and O–H groups in total. The van der Waals surface area contributed by atoms with Crippen LogP contribution in [0.4, 0.5) is 17.6 Å². The van der Waals surface area contributed by atoms with Gasteiger partial charge in [-0.2, -0.15) is 13.2 Å². The van der Waals surface area contributed by atoms with Crippen LogP contribution in [-0.2, 0) is 0 Å². The maximum absolute atomic E-state index is 12.7. The molecule has 0 radical (unpaired) electrons. The zero-order chi connectivity index (χ0) is 12.6. The lowest BCUT2D eigenvalue weighted by molar-refractivity contribution is -0.110. The molecule has 0 heterocycles. The lowest BCUT2D eigenvalue weighted by Gasteiger charge is -2.20. The lowest BCUT2D eigenvalue weighted by Crippen LogP contribution is -2.22. The van der Waals surface area contributed by atoms with Crippen LogP contribution in [0.2, 0.25) is 0 Å². The number of rotatable bonds is 7. The van der Waals surface area contributed by atoms with Crippen molar-refractivity contribution in [2.45, 2.75) is 45.7 Å². The summed E-state index contributed by atoms with van der Waals surface area (Å²) in [5, 5.41) is 0. The second-order valence-corrected chi connectivity index (χ2v) is 3.72. The van der Waals surface area contributed by atoms with E-state index in [0.717, 1.165) is 25.7 Å². The lowest BCUT2D eigenvalue weighted by atomic mass is 10.3. The number of alkyl halides is 3. The number of unbranched alkanes of at least 4 members (excludes halogenated alkanes) is 2. The molecule has 0 saturated carbocycles. The predicted molar refractivity (Wildman–Crippen MR) is 56.6 cm³/mol. The van der Waals surface area contributed by atoms with Crippen molar-refractivity contribution in [3.05, 3.63) is 12.0 Å². The average Bonchev–Trinajstić information content (AvgIpc) is 2.20. The SMILES string of the molecule is CCCCN(/C=C(\F)C(F)(F)F)CCCC. The zero-order valence-electron chi connectivity index (χ0n) is 9.78. The Bertz CT molecular complexity index is 203. The molecule has 0 aromatic heterocycles. The Kier molecular flexibility index (Phi) is 7.17. The summed E-state index contributed by atoms with van der Waals surface area (Å²) in [7, 11) is 0. The van der Waals surface area contributed by atoms with Gasteiger partial charge in [-0.25, -0.2) is 4.39 Å². The molecule has 0 rings (SSSR count). The van der Waals surface area contributed by atoms with E-state index in [0.29, 0.717) is 19.3 Å². The van der Waals surface area contributed by atoms with Crippen LogP contribution in [0.5, 0.6) is 0 Å². The number of halogens is 4. The van der Waals surface area contributed by atoms with Crippen LogP contribution in [0.3, 0.4) is 0 Å². The van der Waals surface area contributed by atoms with Crippen molar-refractivity contribution in [3.8, 4) is 0 Å². The van der Waals surface area contributed by atoms with Gasteiger partial charge in [0, 0.05) is 19.3 Å². The molecule has 16 heavy (non-hydrogen) atoms. The monoisotopic (exact) mass is 241 g/mol. The second-order valence-electron chi connectivity index (χ2n) is 3.72. The Labute approximate surface area is 94.1 Å². The summed E-state index contributed by atoms with van der Waals surface area (Å²) in [5.41, 5.74) is 0. The van der Waals surface area contributed by atoms with Crippen molar-refractivity contribution >= 4 is 0 Å². The Hall–Kier alpha value is -0.740. The fourth-order valence-electron chi connectivity index (χ4n) is 1.20. The highest BCUT2D eigenvalue weighted by molar-refractivity contribution is 4.98. The Balaban J connectivity index is 4.38. The standard InChI is InChI=1S/C11H19F4N/c1-3-5-7-16(8-6-4-2)9-10(12)11(13,14)15/h9H,3-8H2,1-2H3/b10-9-. The van der Waals surface area contributed by atoms with Gasteiger partial charge in [-0.1, -0.05) is 26.7 Å². The fourth-order valence-corrected chi connectivity index (χ4v) is 1.20. The Morgan fingerprint density at radius 1 is 1.06 bits per heavy atom. The molecule has 5 heteroatoms. The smallest absolute Gasteiger partial charge is 0.375 e. The predicted octanol–water partition coefficient (Wildman–Crippen LogP) is 4.26. The first-order valence-corrected chi connectivity index (χ1v) is 5.60. The van der Waals surface area contributed by atoms with Crippen LogP contribution in [0, 0.1) is 0 Å². The molecule has 0 saturated heterocycles. The van der Waals surface area contributed by atoms with Gasteiger partial charge in [0.1, 0.15) is 0 Å². The Morgan fingerprint density at radius 2 is 1.50 bits per heavy atom. The number of hydrogen-bond acceptors (Lipinski definition) is 1. The minimum Gasteiger partial charge on any atom is -0.375 e. The zero-order valence-corrected chi connectivity index (χ0v) is 9.78. The molecule has 0 unspecified atom stereocenters. The van der Waals surface area contributed by atoms with Crippen LogP contribution in [-0.4, -0.2) is 24.2 Å². The van der Waals surface area contributed by atoms with Gasteiger partial charge in [0.05, 0.1) is 0 Å². The van der Waals surface area contributed by atoms with Gasteiger partial charge in [0.2, 0.25) is 5.83 Å². The number of allylic oxidation sites excluding steroid dienone is 1. The van der Waals surface area contributed by atoms with Gasteiger partial charge in [0.15, 0.2) is 0 Å². The molecule has 0 aromatic rings. The van der Waals surface area contributed by atoms with Crippen LogP contribution in [0.1, 0.15) is 39.5 Å². The van der Waals surface area contributed by atoms with E-state index >= 15 is 0 Å². The fraction of sp³-hybridized carbons (Fsp3) is 0.818. The summed E-state index contributed by atoms with van der Waals surface area (Å²) in [5.74, 6) is -2.01. The van der Waals surface area contributed by atoms with Gasteiger partial charge in [-0.05, 0) is 12.8 Å². The number of hydrogen-bond donors (Lipinski definition) is 0. The third-order valence-electron chi connectivity index (χ3n) is 2.16. The third-order valence-corrected chi connectivity index (χ3v) is 2.16. The Morgan fingerprint density at radius 3 is 1.81 bits per heavy atom. The molecule has 0 aliphatic rings. The maximum Gasteiger partial charge on any atom is 0.444 e. The van der Waals surface area contributed by atoms with Crippen molar-refractivity contribution < 1.29 is 17.6 Å². The molecular formula is C11H19F4N. The molecular weight excluding hydrogens is 222 g/mol. The summed E-state index contributed by atoms with van der Waals surface area (Å²) < 4.78 is 48.7. The maximum atomic E-state index is 12.7. The second kappa shape index (κ2) is 7.52. The molecule has 0 bridgehead atoms. The topological polar surface area (TPSA) is 3.24 Å². The van der Waals surface area contributed by atoms with Crippen LogP contribution in [0.15, 0.2) is 12.0 Å². The molecule has 0 atom stereocenters. The summed E-state index contributed by atoms with van der Waals surface area (Å²) in [6, 6.07) is 0. The van der Waals surface area contributed by atoms with E-state index in [1.165, 1.54) is 4.90 Å². The molecule has 1 nitrogen and oxygen atoms in total. The van der Waals surface area contributed by atoms with Crippen LogP contribution >= 0.6 is 0 Å². The summed E-state index contributed by atoms with van der Waals surface area (Å²) in [6.45, 7) is 4.84. The largest absolute Gasteiger partial charge is 0.444 e. The molecule has 0 fully saturated rings. The van der Waals surface area contributed by atoms with Crippen LogP contribution < -0.4 is 0 Å².